The van der Waals surface area contributed by atoms with Crippen LogP contribution in [0, 0.1) is 6.92 Å². The van der Waals surface area contributed by atoms with Crippen LogP contribution in [0.15, 0.2) is 54.6 Å². The molecule has 0 unspecified atom stereocenters. The number of hydrogen-bond donors (Lipinski definition) is 0. The van der Waals surface area contributed by atoms with E-state index in [1.54, 1.807) is 7.11 Å². The van der Waals surface area contributed by atoms with Crippen molar-refractivity contribution in [2.45, 2.75) is 6.92 Å². The Morgan fingerprint density at radius 1 is 0.895 bits per heavy atom. The summed E-state index contributed by atoms with van der Waals surface area (Å²) in [6.45, 7) is 2.08. The molecule has 0 N–H and O–H groups in total. The minimum Gasteiger partial charge on any atom is -0.494 e. The van der Waals surface area contributed by atoms with E-state index in [1.807, 2.05) is 36.4 Å². The lowest BCUT2D eigenvalue weighted by molar-refractivity contribution is 0.412. The van der Waals surface area contributed by atoms with Crippen molar-refractivity contribution in [2.24, 2.45) is 0 Å². The fraction of sp³-hybridized carbons (Fsp3) is 0.118. The van der Waals surface area contributed by atoms with Gasteiger partial charge in [-0.25, -0.2) is 4.98 Å². The van der Waals surface area contributed by atoms with Crippen LogP contribution in [-0.4, -0.2) is 12.1 Å². The fourth-order valence-electron chi connectivity index (χ4n) is 2.40. The lowest BCUT2D eigenvalue weighted by atomic mass is 10.0. The van der Waals surface area contributed by atoms with E-state index in [9.17, 15) is 0 Å². The molecular weight excluding hydrogens is 234 g/mol. The maximum atomic E-state index is 5.58. The highest BCUT2D eigenvalue weighted by Gasteiger charge is 2.13. The van der Waals surface area contributed by atoms with E-state index < -0.39 is 0 Å². The summed E-state index contributed by atoms with van der Waals surface area (Å²) in [7, 11) is 1.70. The third kappa shape index (κ3) is 1.95. The van der Waals surface area contributed by atoms with Gasteiger partial charge >= 0.3 is 0 Å². The number of rotatable bonds is 2. The van der Waals surface area contributed by atoms with Gasteiger partial charge in [0.15, 0.2) is 0 Å². The number of benzene rings is 2. The number of para-hydroxylation sites is 1. The lowest BCUT2D eigenvalue weighted by Crippen LogP contribution is -1.96. The summed E-state index contributed by atoms with van der Waals surface area (Å²) in [5.74, 6) is 0.852. The summed E-state index contributed by atoms with van der Waals surface area (Å²) >= 11 is 0. The zero-order valence-electron chi connectivity index (χ0n) is 11.1. The van der Waals surface area contributed by atoms with Gasteiger partial charge in [-0.3, -0.25) is 0 Å². The molecule has 2 aromatic carbocycles. The first-order chi connectivity index (χ1) is 9.31. The second-order valence-electron chi connectivity index (χ2n) is 4.50. The molecule has 0 saturated heterocycles. The molecule has 0 fully saturated rings. The molecule has 0 spiro atoms. The molecule has 0 aliphatic carbocycles. The van der Waals surface area contributed by atoms with Crippen molar-refractivity contribution in [3.8, 4) is 17.0 Å². The van der Waals surface area contributed by atoms with Crippen LogP contribution in [0.4, 0.5) is 0 Å². The molecular formula is C17H15NO. The third-order valence-corrected chi connectivity index (χ3v) is 3.35. The van der Waals surface area contributed by atoms with Gasteiger partial charge in [0.1, 0.15) is 11.4 Å². The first-order valence-corrected chi connectivity index (χ1v) is 6.30. The molecule has 0 bridgehead atoms. The van der Waals surface area contributed by atoms with Gasteiger partial charge in [0.2, 0.25) is 0 Å². The molecule has 0 atom stereocenters. The number of ether oxygens (including phenoxy) is 1. The van der Waals surface area contributed by atoms with Crippen LogP contribution in [-0.2, 0) is 0 Å². The average molecular weight is 249 g/mol. The Morgan fingerprint density at radius 2 is 1.58 bits per heavy atom. The minimum atomic E-state index is 0.852. The Morgan fingerprint density at radius 3 is 2.32 bits per heavy atom. The second kappa shape index (κ2) is 4.73. The summed E-state index contributed by atoms with van der Waals surface area (Å²) < 4.78 is 5.58. The molecule has 94 valence electrons. The van der Waals surface area contributed by atoms with Crippen molar-refractivity contribution in [3.05, 3.63) is 60.2 Å². The smallest absolute Gasteiger partial charge is 0.148 e. The van der Waals surface area contributed by atoms with Gasteiger partial charge in [-0.05, 0) is 13.0 Å². The Balaban J connectivity index is 2.36. The zero-order chi connectivity index (χ0) is 13.2. The maximum absolute atomic E-state index is 5.58. The van der Waals surface area contributed by atoms with Crippen LogP contribution in [0.25, 0.3) is 22.2 Å². The molecule has 2 nitrogen and oxygen atoms in total. The van der Waals surface area contributed by atoms with Crippen LogP contribution >= 0.6 is 0 Å². The monoisotopic (exact) mass is 249 g/mol. The predicted octanol–water partition coefficient (Wildman–Crippen LogP) is 4.22. The highest BCUT2D eigenvalue weighted by Crippen LogP contribution is 2.35. The van der Waals surface area contributed by atoms with Crippen molar-refractivity contribution >= 4 is 10.9 Å². The predicted molar refractivity (Wildman–Crippen MR) is 78.5 cm³/mol. The van der Waals surface area contributed by atoms with Crippen LogP contribution < -0.4 is 4.74 Å². The van der Waals surface area contributed by atoms with Gasteiger partial charge in [0.25, 0.3) is 0 Å². The van der Waals surface area contributed by atoms with Gasteiger partial charge < -0.3 is 4.74 Å². The number of aryl methyl sites for hydroxylation is 1. The molecule has 1 heterocycles. The van der Waals surface area contributed by atoms with E-state index in [-0.39, 0.29) is 0 Å². The number of pyridine rings is 1. The van der Waals surface area contributed by atoms with Gasteiger partial charge in [0, 0.05) is 16.5 Å². The topological polar surface area (TPSA) is 22.1 Å². The number of aromatic nitrogens is 1. The molecule has 1 aromatic heterocycles. The molecule has 0 radical (unpaired) electrons. The van der Waals surface area contributed by atoms with Crippen molar-refractivity contribution in [2.75, 3.05) is 7.11 Å². The lowest BCUT2D eigenvalue weighted by Gasteiger charge is -2.13. The Hall–Kier alpha value is -2.35. The molecule has 0 amide bonds. The third-order valence-electron chi connectivity index (χ3n) is 3.35. The number of hydrogen-bond acceptors (Lipinski definition) is 2. The van der Waals surface area contributed by atoms with Crippen LogP contribution in [0.1, 0.15) is 5.56 Å². The highest BCUT2D eigenvalue weighted by molar-refractivity contribution is 5.88. The quantitative estimate of drug-likeness (QED) is 0.678. The number of nitrogens with zero attached hydrogens (tertiary/aromatic N) is 1. The summed E-state index contributed by atoms with van der Waals surface area (Å²) in [4.78, 5) is 4.75. The molecule has 0 aliphatic rings. The Kier molecular flexibility index (Phi) is 2.92. The van der Waals surface area contributed by atoms with Crippen LogP contribution in [0.5, 0.6) is 5.75 Å². The Bertz CT molecular complexity index is 720. The van der Waals surface area contributed by atoms with Gasteiger partial charge in [-0.1, -0.05) is 48.5 Å². The molecule has 3 rings (SSSR count). The summed E-state index contributed by atoms with van der Waals surface area (Å²) in [5, 5.41) is 1.14. The number of methoxy groups -OCH3 is 1. The summed E-state index contributed by atoms with van der Waals surface area (Å²) in [6, 6.07) is 18.3. The zero-order valence-corrected chi connectivity index (χ0v) is 11.1. The van der Waals surface area contributed by atoms with Gasteiger partial charge in [-0.2, -0.15) is 0 Å². The number of fused-ring (bicyclic) bond motifs is 1. The van der Waals surface area contributed by atoms with Crippen molar-refractivity contribution in [1.82, 2.24) is 4.98 Å². The van der Waals surface area contributed by atoms with E-state index in [0.717, 1.165) is 33.5 Å². The van der Waals surface area contributed by atoms with Crippen molar-refractivity contribution in [3.63, 3.8) is 0 Å². The highest BCUT2D eigenvalue weighted by atomic mass is 16.5. The first-order valence-electron chi connectivity index (χ1n) is 6.30. The Labute approximate surface area is 112 Å². The summed E-state index contributed by atoms with van der Waals surface area (Å²) in [6.07, 6.45) is 0. The average Bonchev–Trinajstić information content (AvgIpc) is 2.48. The van der Waals surface area contributed by atoms with E-state index in [2.05, 4.69) is 25.1 Å². The van der Waals surface area contributed by atoms with Gasteiger partial charge in [-0.15, -0.1) is 0 Å². The van der Waals surface area contributed by atoms with Crippen LogP contribution in [0.2, 0.25) is 0 Å². The molecule has 19 heavy (non-hydrogen) atoms. The molecule has 2 heteroatoms. The SMILES string of the molecule is COc1c(-c2ccccc2)nc2ccccc2c1C. The largest absolute Gasteiger partial charge is 0.494 e. The van der Waals surface area contributed by atoms with Crippen molar-refractivity contribution < 1.29 is 4.74 Å². The van der Waals surface area contributed by atoms with Crippen LogP contribution in [0.3, 0.4) is 0 Å². The second-order valence-corrected chi connectivity index (χ2v) is 4.50. The summed E-state index contributed by atoms with van der Waals surface area (Å²) in [5.41, 5.74) is 4.11. The van der Waals surface area contributed by atoms with E-state index >= 15 is 0 Å². The standard InChI is InChI=1S/C17H15NO/c1-12-14-10-6-7-11-15(14)18-16(17(12)19-2)13-8-4-3-5-9-13/h3-11H,1-2H3. The minimum absolute atomic E-state index is 0.852. The fourth-order valence-corrected chi connectivity index (χ4v) is 2.40. The van der Waals surface area contributed by atoms with Gasteiger partial charge in [0.05, 0.1) is 12.6 Å². The van der Waals surface area contributed by atoms with E-state index in [4.69, 9.17) is 9.72 Å². The molecule has 0 saturated carbocycles. The van der Waals surface area contributed by atoms with E-state index in [1.165, 1.54) is 0 Å². The first kappa shape index (κ1) is 11.7. The van der Waals surface area contributed by atoms with E-state index in [0.29, 0.717) is 0 Å². The maximum Gasteiger partial charge on any atom is 0.148 e. The van der Waals surface area contributed by atoms with Crippen molar-refractivity contribution in [1.29, 1.82) is 0 Å². The normalized spacial score (nSPS) is 10.6. The molecule has 0 aliphatic heterocycles. The molecule has 3 aromatic rings.